The molecule has 1 fully saturated rings. The Morgan fingerprint density at radius 3 is 2.95 bits per heavy atom. The van der Waals surface area contributed by atoms with Gasteiger partial charge < -0.3 is 5.32 Å². The van der Waals surface area contributed by atoms with Gasteiger partial charge in [-0.3, -0.25) is 0 Å². The highest BCUT2D eigenvalue weighted by molar-refractivity contribution is 7.12. The number of aromatic nitrogens is 1. The molecule has 2 nitrogen and oxygen atoms in total. The third-order valence-corrected chi connectivity index (χ3v) is 4.78. The Kier molecular flexibility index (Phi) is 3.81. The molecule has 0 spiro atoms. The molecule has 3 rings (SSSR count). The van der Waals surface area contributed by atoms with Crippen LogP contribution in [0, 0.1) is 18.6 Å². The summed E-state index contributed by atoms with van der Waals surface area (Å²) in [5, 5.41) is 4.38. The molecule has 1 aliphatic rings. The molecule has 5 heteroatoms. The molecule has 0 aliphatic carbocycles. The van der Waals surface area contributed by atoms with Crippen molar-refractivity contribution in [3.05, 3.63) is 39.7 Å². The van der Waals surface area contributed by atoms with E-state index < -0.39 is 11.6 Å². The van der Waals surface area contributed by atoms with E-state index in [1.807, 2.05) is 6.92 Å². The highest BCUT2D eigenvalue weighted by Gasteiger charge is 2.21. The van der Waals surface area contributed by atoms with Gasteiger partial charge in [-0.25, -0.2) is 13.8 Å². The fourth-order valence-corrected chi connectivity index (χ4v) is 3.65. The van der Waals surface area contributed by atoms with E-state index in [4.69, 9.17) is 0 Å². The molecule has 1 saturated heterocycles. The molecule has 0 amide bonds. The zero-order valence-electron chi connectivity index (χ0n) is 11.2. The summed E-state index contributed by atoms with van der Waals surface area (Å²) in [6.45, 7) is 3.88. The number of nitrogens with zero attached hydrogens (tertiary/aromatic N) is 1. The Bertz CT molecular complexity index is 618. The first-order chi connectivity index (χ1) is 9.65. The van der Waals surface area contributed by atoms with Crippen LogP contribution in [0.15, 0.2) is 18.2 Å². The zero-order valence-corrected chi connectivity index (χ0v) is 12.1. The van der Waals surface area contributed by atoms with Gasteiger partial charge in [-0.1, -0.05) is 0 Å². The molecule has 1 aromatic carbocycles. The molecular formula is C15H16F2N2S. The maximum absolute atomic E-state index is 13.9. The quantitative estimate of drug-likeness (QED) is 0.909. The van der Waals surface area contributed by atoms with E-state index in [1.165, 1.54) is 6.07 Å². The Labute approximate surface area is 120 Å². The summed E-state index contributed by atoms with van der Waals surface area (Å²) in [5.74, 6) is -0.472. The Balaban J connectivity index is 1.98. The number of hydrogen-bond acceptors (Lipinski definition) is 3. The second-order valence-electron chi connectivity index (χ2n) is 5.12. The van der Waals surface area contributed by atoms with E-state index in [1.54, 1.807) is 11.3 Å². The third-order valence-electron chi connectivity index (χ3n) is 3.64. The first-order valence-corrected chi connectivity index (χ1v) is 7.60. The minimum absolute atomic E-state index is 0.258. The first kappa shape index (κ1) is 13.6. The van der Waals surface area contributed by atoms with Gasteiger partial charge in [0, 0.05) is 22.9 Å². The van der Waals surface area contributed by atoms with Crippen LogP contribution in [0.2, 0.25) is 0 Å². The van der Waals surface area contributed by atoms with E-state index in [2.05, 4.69) is 10.3 Å². The molecule has 0 saturated carbocycles. The monoisotopic (exact) mass is 294 g/mol. The van der Waals surface area contributed by atoms with Crippen molar-refractivity contribution in [1.82, 2.24) is 10.3 Å². The number of aryl methyl sites for hydroxylation is 1. The average Bonchev–Trinajstić information content (AvgIpc) is 2.84. The summed E-state index contributed by atoms with van der Waals surface area (Å²) >= 11 is 1.59. The van der Waals surface area contributed by atoms with Crippen LogP contribution in [-0.4, -0.2) is 18.1 Å². The summed E-state index contributed by atoms with van der Waals surface area (Å²) < 4.78 is 27.2. The van der Waals surface area contributed by atoms with Crippen molar-refractivity contribution < 1.29 is 8.78 Å². The standard InChI is InChI=1S/C15H16F2N2S/c1-9-14(12-7-11(16)4-5-13(12)17)19-15(20-9)10-3-2-6-18-8-10/h4-5,7,10,18H,2-3,6,8H2,1H3. The lowest BCUT2D eigenvalue weighted by Gasteiger charge is -2.20. The van der Waals surface area contributed by atoms with Crippen LogP contribution >= 0.6 is 11.3 Å². The number of piperidine rings is 1. The van der Waals surface area contributed by atoms with Gasteiger partial charge in [0.2, 0.25) is 0 Å². The molecule has 2 heterocycles. The van der Waals surface area contributed by atoms with Crippen LogP contribution in [0.5, 0.6) is 0 Å². The second kappa shape index (κ2) is 5.58. The molecule has 2 aromatic rings. The molecule has 106 valence electrons. The lowest BCUT2D eigenvalue weighted by atomic mass is 10.0. The molecule has 1 N–H and O–H groups in total. The Morgan fingerprint density at radius 2 is 2.20 bits per heavy atom. The number of hydrogen-bond donors (Lipinski definition) is 1. The van der Waals surface area contributed by atoms with Crippen LogP contribution in [-0.2, 0) is 0 Å². The predicted octanol–water partition coefficient (Wildman–Crippen LogP) is 3.86. The van der Waals surface area contributed by atoms with Crippen molar-refractivity contribution in [3.8, 4) is 11.3 Å². The normalized spacial score (nSPS) is 19.2. The Hall–Kier alpha value is -1.33. The molecule has 1 atom stereocenters. The van der Waals surface area contributed by atoms with Gasteiger partial charge in [0.05, 0.1) is 10.7 Å². The smallest absolute Gasteiger partial charge is 0.132 e. The van der Waals surface area contributed by atoms with E-state index in [0.29, 0.717) is 11.6 Å². The van der Waals surface area contributed by atoms with Crippen LogP contribution < -0.4 is 5.32 Å². The fraction of sp³-hybridized carbons (Fsp3) is 0.400. The SMILES string of the molecule is Cc1sc(C2CCCNC2)nc1-c1cc(F)ccc1F. The lowest BCUT2D eigenvalue weighted by Crippen LogP contribution is -2.28. The summed E-state index contributed by atoms with van der Waals surface area (Å²) in [6, 6.07) is 3.51. The van der Waals surface area contributed by atoms with Crippen molar-refractivity contribution in [1.29, 1.82) is 0 Å². The summed E-state index contributed by atoms with van der Waals surface area (Å²) in [7, 11) is 0. The molecular weight excluding hydrogens is 278 g/mol. The van der Waals surface area contributed by atoms with Crippen LogP contribution in [0.4, 0.5) is 8.78 Å². The first-order valence-electron chi connectivity index (χ1n) is 6.78. The number of nitrogens with one attached hydrogen (secondary N) is 1. The maximum atomic E-state index is 13.9. The van der Waals surface area contributed by atoms with Gasteiger partial charge in [-0.15, -0.1) is 11.3 Å². The van der Waals surface area contributed by atoms with E-state index in [-0.39, 0.29) is 5.56 Å². The predicted molar refractivity (Wildman–Crippen MR) is 77.0 cm³/mol. The van der Waals surface area contributed by atoms with Gasteiger partial charge in [0.25, 0.3) is 0 Å². The fourth-order valence-electron chi connectivity index (χ4n) is 2.58. The largest absolute Gasteiger partial charge is 0.316 e. The summed E-state index contributed by atoms with van der Waals surface area (Å²) in [6.07, 6.45) is 2.23. The second-order valence-corrected chi connectivity index (χ2v) is 6.36. The van der Waals surface area contributed by atoms with Crippen LogP contribution in [0.3, 0.4) is 0 Å². The lowest BCUT2D eigenvalue weighted by molar-refractivity contribution is 0.460. The maximum Gasteiger partial charge on any atom is 0.132 e. The van der Waals surface area contributed by atoms with Crippen molar-refractivity contribution in [2.75, 3.05) is 13.1 Å². The Morgan fingerprint density at radius 1 is 1.35 bits per heavy atom. The van der Waals surface area contributed by atoms with E-state index >= 15 is 0 Å². The van der Waals surface area contributed by atoms with Crippen LogP contribution in [0.25, 0.3) is 11.3 Å². The van der Waals surface area contributed by atoms with Gasteiger partial charge in [-0.05, 0) is 44.5 Å². The van der Waals surface area contributed by atoms with Crippen molar-refractivity contribution in [3.63, 3.8) is 0 Å². The minimum atomic E-state index is -0.435. The molecule has 0 bridgehead atoms. The third kappa shape index (κ3) is 2.60. The number of thiazole rings is 1. The van der Waals surface area contributed by atoms with Gasteiger partial charge >= 0.3 is 0 Å². The zero-order chi connectivity index (χ0) is 14.1. The molecule has 1 aromatic heterocycles. The van der Waals surface area contributed by atoms with Crippen molar-refractivity contribution >= 4 is 11.3 Å². The van der Waals surface area contributed by atoms with Crippen LogP contribution in [0.1, 0.15) is 28.6 Å². The molecule has 1 aliphatic heterocycles. The van der Waals surface area contributed by atoms with E-state index in [0.717, 1.165) is 47.9 Å². The van der Waals surface area contributed by atoms with Gasteiger partial charge in [-0.2, -0.15) is 0 Å². The molecule has 20 heavy (non-hydrogen) atoms. The van der Waals surface area contributed by atoms with Crippen molar-refractivity contribution in [2.45, 2.75) is 25.7 Å². The van der Waals surface area contributed by atoms with Crippen molar-refractivity contribution in [2.24, 2.45) is 0 Å². The number of rotatable bonds is 2. The summed E-state index contributed by atoms with van der Waals surface area (Å²) in [5.41, 5.74) is 0.835. The molecule has 1 unspecified atom stereocenters. The number of benzene rings is 1. The minimum Gasteiger partial charge on any atom is -0.316 e. The topological polar surface area (TPSA) is 24.9 Å². The van der Waals surface area contributed by atoms with Gasteiger partial charge in [0.1, 0.15) is 11.6 Å². The molecule has 0 radical (unpaired) electrons. The summed E-state index contributed by atoms with van der Waals surface area (Å²) in [4.78, 5) is 5.52. The number of halogens is 2. The van der Waals surface area contributed by atoms with Gasteiger partial charge in [0.15, 0.2) is 0 Å². The highest BCUT2D eigenvalue weighted by Crippen LogP contribution is 2.34. The van der Waals surface area contributed by atoms with E-state index in [9.17, 15) is 8.78 Å². The average molecular weight is 294 g/mol. The highest BCUT2D eigenvalue weighted by atomic mass is 32.1.